The Labute approximate surface area is 112 Å². The number of ether oxygens (including phenoxy) is 1. The van der Waals surface area contributed by atoms with Crippen molar-refractivity contribution in [3.8, 4) is 5.75 Å². The van der Waals surface area contributed by atoms with E-state index in [1.165, 1.54) is 0 Å². The molecule has 0 amide bonds. The molecule has 1 aromatic carbocycles. The molecule has 2 rings (SSSR count). The summed E-state index contributed by atoms with van der Waals surface area (Å²) in [5, 5.41) is 3.85. The van der Waals surface area contributed by atoms with Crippen molar-refractivity contribution in [3.63, 3.8) is 0 Å². The Hall–Kier alpha value is -1.68. The van der Waals surface area contributed by atoms with Crippen LogP contribution in [-0.4, -0.2) is 16.7 Å². The van der Waals surface area contributed by atoms with Gasteiger partial charge in [-0.2, -0.15) is 0 Å². The lowest BCUT2D eigenvalue weighted by atomic mass is 10.3. The smallest absolute Gasteiger partial charge is 0.207 e. The summed E-state index contributed by atoms with van der Waals surface area (Å²) in [4.78, 5) is 4.29. The van der Waals surface area contributed by atoms with E-state index in [0.29, 0.717) is 10.8 Å². The second kappa shape index (κ2) is 5.78. The van der Waals surface area contributed by atoms with Crippen molar-refractivity contribution < 1.29 is 4.74 Å². The van der Waals surface area contributed by atoms with Crippen LogP contribution in [0.3, 0.4) is 0 Å². The fourth-order valence-electron chi connectivity index (χ4n) is 1.72. The number of hydrogen-bond acceptors (Lipinski definition) is 3. The van der Waals surface area contributed by atoms with Crippen molar-refractivity contribution in [1.29, 1.82) is 0 Å². The lowest BCUT2D eigenvalue weighted by Gasteiger charge is -2.10. The van der Waals surface area contributed by atoms with Crippen LogP contribution in [-0.2, 0) is 6.54 Å². The number of aromatic nitrogens is 2. The summed E-state index contributed by atoms with van der Waals surface area (Å²) in [6, 6.07) is 5.55. The third-order valence-corrected chi connectivity index (χ3v) is 2.90. The first-order valence-electron chi connectivity index (χ1n) is 5.86. The molecule has 4 nitrogen and oxygen atoms in total. The number of nitrogens with one attached hydrogen (secondary N) is 1. The standard InChI is InChI=1S/C13H16ClN3O/c1-3-7-17-8-6-15-13(17)16-10-4-5-11(14)12(9-10)18-2/h4-6,8-9H,3,7H2,1-2H3,(H,15,16). The SMILES string of the molecule is CCCn1ccnc1Nc1ccc(Cl)c(OC)c1. The van der Waals surface area contributed by atoms with Crippen LogP contribution < -0.4 is 10.1 Å². The Morgan fingerprint density at radius 3 is 3.00 bits per heavy atom. The van der Waals surface area contributed by atoms with Gasteiger partial charge in [0.15, 0.2) is 0 Å². The lowest BCUT2D eigenvalue weighted by molar-refractivity contribution is 0.415. The van der Waals surface area contributed by atoms with E-state index in [2.05, 4.69) is 21.8 Å². The fourth-order valence-corrected chi connectivity index (χ4v) is 1.92. The van der Waals surface area contributed by atoms with Gasteiger partial charge in [-0.05, 0) is 18.6 Å². The van der Waals surface area contributed by atoms with Crippen molar-refractivity contribution >= 4 is 23.2 Å². The first-order chi connectivity index (χ1) is 8.74. The molecule has 96 valence electrons. The summed E-state index contributed by atoms with van der Waals surface area (Å²) in [6.45, 7) is 3.07. The Morgan fingerprint density at radius 1 is 1.44 bits per heavy atom. The molecular formula is C13H16ClN3O. The summed E-state index contributed by atoms with van der Waals surface area (Å²) >= 11 is 5.99. The Balaban J connectivity index is 2.20. The van der Waals surface area contributed by atoms with Gasteiger partial charge >= 0.3 is 0 Å². The van der Waals surface area contributed by atoms with Crippen molar-refractivity contribution in [2.45, 2.75) is 19.9 Å². The number of aryl methyl sites for hydroxylation is 1. The Bertz CT molecular complexity index is 525. The number of methoxy groups -OCH3 is 1. The highest BCUT2D eigenvalue weighted by Crippen LogP contribution is 2.28. The van der Waals surface area contributed by atoms with Crippen molar-refractivity contribution in [2.24, 2.45) is 0 Å². The number of halogens is 1. The number of rotatable bonds is 5. The van der Waals surface area contributed by atoms with Gasteiger partial charge in [-0.1, -0.05) is 18.5 Å². The highest BCUT2D eigenvalue weighted by atomic mass is 35.5. The monoisotopic (exact) mass is 265 g/mol. The van der Waals surface area contributed by atoms with E-state index in [9.17, 15) is 0 Å². The van der Waals surface area contributed by atoms with Crippen molar-refractivity contribution in [2.75, 3.05) is 12.4 Å². The first-order valence-corrected chi connectivity index (χ1v) is 6.24. The molecule has 0 fully saturated rings. The average molecular weight is 266 g/mol. The Kier molecular flexibility index (Phi) is 4.10. The predicted molar refractivity (Wildman–Crippen MR) is 73.8 cm³/mol. The van der Waals surface area contributed by atoms with Gasteiger partial charge in [-0.3, -0.25) is 0 Å². The van der Waals surface area contributed by atoms with Crippen LogP contribution in [0.1, 0.15) is 13.3 Å². The topological polar surface area (TPSA) is 39.1 Å². The molecule has 1 aromatic heterocycles. The lowest BCUT2D eigenvalue weighted by Crippen LogP contribution is -2.02. The number of benzene rings is 1. The van der Waals surface area contributed by atoms with Crippen LogP contribution in [0.5, 0.6) is 5.75 Å². The Morgan fingerprint density at radius 2 is 2.28 bits per heavy atom. The fraction of sp³-hybridized carbons (Fsp3) is 0.308. The van der Waals surface area contributed by atoms with Gasteiger partial charge in [0.05, 0.1) is 12.1 Å². The van der Waals surface area contributed by atoms with Crippen molar-refractivity contribution in [1.82, 2.24) is 9.55 Å². The molecule has 0 atom stereocenters. The molecular weight excluding hydrogens is 250 g/mol. The van der Waals surface area contributed by atoms with E-state index in [-0.39, 0.29) is 0 Å². The van der Waals surface area contributed by atoms with Crippen LogP contribution in [0.15, 0.2) is 30.6 Å². The first kappa shape index (κ1) is 12.8. The molecule has 1 N–H and O–H groups in total. The number of imidazole rings is 1. The van der Waals surface area contributed by atoms with E-state index in [4.69, 9.17) is 16.3 Å². The summed E-state index contributed by atoms with van der Waals surface area (Å²) in [5.74, 6) is 1.47. The molecule has 0 radical (unpaired) electrons. The highest BCUT2D eigenvalue weighted by molar-refractivity contribution is 6.32. The normalized spacial score (nSPS) is 10.4. The molecule has 1 heterocycles. The van der Waals surface area contributed by atoms with E-state index >= 15 is 0 Å². The summed E-state index contributed by atoms with van der Waals surface area (Å²) in [6.07, 6.45) is 4.80. The molecule has 2 aromatic rings. The molecule has 5 heteroatoms. The summed E-state index contributed by atoms with van der Waals surface area (Å²) in [7, 11) is 1.60. The van der Waals surface area contributed by atoms with Crippen molar-refractivity contribution in [3.05, 3.63) is 35.6 Å². The zero-order valence-corrected chi connectivity index (χ0v) is 11.2. The molecule has 0 saturated carbocycles. The maximum atomic E-state index is 5.99. The molecule has 0 aliphatic heterocycles. The van der Waals surface area contributed by atoms with E-state index in [0.717, 1.165) is 24.6 Å². The largest absolute Gasteiger partial charge is 0.495 e. The van der Waals surface area contributed by atoms with Crippen LogP contribution in [0.2, 0.25) is 5.02 Å². The van der Waals surface area contributed by atoms with Gasteiger partial charge in [0, 0.05) is 30.7 Å². The van der Waals surface area contributed by atoms with Crippen LogP contribution in [0.4, 0.5) is 11.6 Å². The zero-order chi connectivity index (χ0) is 13.0. The summed E-state index contributed by atoms with van der Waals surface area (Å²) in [5.41, 5.74) is 0.903. The second-order valence-electron chi connectivity index (χ2n) is 3.92. The average Bonchev–Trinajstić information content (AvgIpc) is 2.80. The van der Waals surface area contributed by atoms with Gasteiger partial charge in [-0.15, -0.1) is 0 Å². The molecule has 0 aliphatic rings. The van der Waals surface area contributed by atoms with Gasteiger partial charge in [0.2, 0.25) is 5.95 Å². The molecule has 0 unspecified atom stereocenters. The number of nitrogens with zero attached hydrogens (tertiary/aromatic N) is 2. The van der Waals surface area contributed by atoms with Gasteiger partial charge in [0.1, 0.15) is 5.75 Å². The molecule has 0 spiro atoms. The molecule has 0 aliphatic carbocycles. The predicted octanol–water partition coefficient (Wildman–Crippen LogP) is 3.70. The van der Waals surface area contributed by atoms with E-state index in [1.54, 1.807) is 19.4 Å². The number of hydrogen-bond donors (Lipinski definition) is 1. The minimum atomic E-state index is 0.597. The zero-order valence-electron chi connectivity index (χ0n) is 10.5. The van der Waals surface area contributed by atoms with Crippen LogP contribution in [0, 0.1) is 0 Å². The third kappa shape index (κ3) is 2.76. The molecule has 0 saturated heterocycles. The van der Waals surface area contributed by atoms with Gasteiger partial charge < -0.3 is 14.6 Å². The minimum absolute atomic E-state index is 0.597. The van der Waals surface area contributed by atoms with Gasteiger partial charge in [-0.25, -0.2) is 4.98 Å². The quantitative estimate of drug-likeness (QED) is 0.896. The second-order valence-corrected chi connectivity index (χ2v) is 4.33. The number of anilines is 2. The van der Waals surface area contributed by atoms with Gasteiger partial charge in [0.25, 0.3) is 0 Å². The summed E-state index contributed by atoms with van der Waals surface area (Å²) < 4.78 is 7.25. The minimum Gasteiger partial charge on any atom is -0.495 e. The van der Waals surface area contributed by atoms with Crippen LogP contribution in [0.25, 0.3) is 0 Å². The van der Waals surface area contributed by atoms with Crippen LogP contribution >= 0.6 is 11.6 Å². The molecule has 0 bridgehead atoms. The maximum Gasteiger partial charge on any atom is 0.207 e. The maximum absolute atomic E-state index is 5.99. The third-order valence-electron chi connectivity index (χ3n) is 2.59. The van der Waals surface area contributed by atoms with E-state index in [1.807, 2.05) is 18.3 Å². The van der Waals surface area contributed by atoms with E-state index < -0.39 is 0 Å². The highest BCUT2D eigenvalue weighted by Gasteiger charge is 2.05. The molecule has 18 heavy (non-hydrogen) atoms.